The molecule has 0 unspecified atom stereocenters. The van der Waals surface area contributed by atoms with Crippen LogP contribution in [0.15, 0.2) is 30.5 Å². The highest BCUT2D eigenvalue weighted by Gasteiger charge is 2.02. The summed E-state index contributed by atoms with van der Waals surface area (Å²) in [6.45, 7) is 2.04. The van der Waals surface area contributed by atoms with Gasteiger partial charge < -0.3 is 4.98 Å². The maximum atomic E-state index is 5.92. The molecule has 1 nitrogen and oxygen atoms in total. The van der Waals surface area contributed by atoms with Crippen LogP contribution in [0.1, 0.15) is 5.56 Å². The molecule has 0 saturated carbocycles. The van der Waals surface area contributed by atoms with Crippen molar-refractivity contribution < 1.29 is 0 Å². The SMILES string of the molecule is Cc1c[nH]c(-c2ccc(Cl)c(Cl)c2)c1. The molecule has 0 aliphatic rings. The second-order valence-corrected chi connectivity index (χ2v) is 4.03. The van der Waals surface area contributed by atoms with E-state index in [1.54, 1.807) is 6.07 Å². The van der Waals surface area contributed by atoms with E-state index in [1.165, 1.54) is 5.56 Å². The van der Waals surface area contributed by atoms with E-state index in [-0.39, 0.29) is 0 Å². The van der Waals surface area contributed by atoms with E-state index < -0.39 is 0 Å². The van der Waals surface area contributed by atoms with E-state index in [2.05, 4.69) is 11.1 Å². The lowest BCUT2D eigenvalue weighted by Gasteiger charge is -2.00. The molecule has 0 aliphatic carbocycles. The van der Waals surface area contributed by atoms with Crippen molar-refractivity contribution in [3.05, 3.63) is 46.1 Å². The molecule has 0 atom stereocenters. The minimum atomic E-state index is 0.580. The average molecular weight is 226 g/mol. The van der Waals surface area contributed by atoms with Crippen LogP contribution in [0.25, 0.3) is 11.3 Å². The number of rotatable bonds is 1. The lowest BCUT2D eigenvalue weighted by Crippen LogP contribution is -1.77. The zero-order valence-electron chi connectivity index (χ0n) is 7.64. The number of hydrogen-bond acceptors (Lipinski definition) is 0. The predicted octanol–water partition coefficient (Wildman–Crippen LogP) is 4.30. The Bertz CT molecular complexity index is 460. The fourth-order valence-electron chi connectivity index (χ4n) is 1.33. The van der Waals surface area contributed by atoms with Crippen LogP contribution in [0.3, 0.4) is 0 Å². The molecule has 0 radical (unpaired) electrons. The highest BCUT2D eigenvalue weighted by atomic mass is 35.5. The third-order valence-electron chi connectivity index (χ3n) is 2.06. The summed E-state index contributed by atoms with van der Waals surface area (Å²) in [5.41, 5.74) is 3.31. The Hall–Kier alpha value is -0.920. The number of aromatic nitrogens is 1. The number of benzene rings is 1. The summed E-state index contributed by atoms with van der Waals surface area (Å²) in [5.74, 6) is 0. The molecule has 0 saturated heterocycles. The van der Waals surface area contributed by atoms with Crippen LogP contribution in [-0.4, -0.2) is 4.98 Å². The van der Waals surface area contributed by atoms with Crippen molar-refractivity contribution in [2.75, 3.05) is 0 Å². The van der Waals surface area contributed by atoms with Crippen molar-refractivity contribution in [3.63, 3.8) is 0 Å². The molecule has 72 valence electrons. The van der Waals surface area contributed by atoms with Crippen LogP contribution in [0.4, 0.5) is 0 Å². The van der Waals surface area contributed by atoms with Crippen LogP contribution >= 0.6 is 23.2 Å². The maximum absolute atomic E-state index is 5.92. The van der Waals surface area contributed by atoms with Crippen molar-refractivity contribution in [2.45, 2.75) is 6.92 Å². The van der Waals surface area contributed by atoms with E-state index >= 15 is 0 Å². The minimum absolute atomic E-state index is 0.580. The minimum Gasteiger partial charge on any atom is -0.361 e. The summed E-state index contributed by atoms with van der Waals surface area (Å²) in [6, 6.07) is 7.67. The Balaban J connectivity index is 2.47. The monoisotopic (exact) mass is 225 g/mol. The molecule has 1 aromatic carbocycles. The van der Waals surface area contributed by atoms with Crippen LogP contribution < -0.4 is 0 Å². The molecule has 14 heavy (non-hydrogen) atoms. The molecule has 1 aromatic heterocycles. The Morgan fingerprint density at radius 3 is 2.43 bits per heavy atom. The average Bonchev–Trinajstić information content (AvgIpc) is 2.57. The largest absolute Gasteiger partial charge is 0.361 e. The summed E-state index contributed by atoms with van der Waals surface area (Å²) in [4.78, 5) is 3.17. The number of H-pyrrole nitrogens is 1. The molecule has 0 fully saturated rings. The molecular formula is C11H9Cl2N. The zero-order chi connectivity index (χ0) is 10.1. The van der Waals surface area contributed by atoms with Crippen molar-refractivity contribution in [3.8, 4) is 11.3 Å². The van der Waals surface area contributed by atoms with E-state index in [1.807, 2.05) is 25.3 Å². The first-order valence-corrected chi connectivity index (χ1v) is 5.03. The quantitative estimate of drug-likeness (QED) is 0.746. The van der Waals surface area contributed by atoms with Gasteiger partial charge in [0, 0.05) is 11.9 Å². The molecule has 1 heterocycles. The first-order chi connectivity index (χ1) is 6.66. The number of nitrogens with one attached hydrogen (secondary N) is 1. The summed E-state index contributed by atoms with van der Waals surface area (Å²) in [6.07, 6.45) is 1.96. The predicted molar refractivity (Wildman–Crippen MR) is 61.0 cm³/mol. The third kappa shape index (κ3) is 1.79. The van der Waals surface area contributed by atoms with Gasteiger partial charge in [-0.25, -0.2) is 0 Å². The lowest BCUT2D eigenvalue weighted by molar-refractivity contribution is 1.38. The molecule has 0 amide bonds. The van der Waals surface area contributed by atoms with Crippen molar-refractivity contribution in [2.24, 2.45) is 0 Å². The van der Waals surface area contributed by atoms with Gasteiger partial charge in [0.2, 0.25) is 0 Å². The Labute approximate surface area is 92.7 Å². The normalized spacial score (nSPS) is 10.5. The van der Waals surface area contributed by atoms with Gasteiger partial charge in [0.15, 0.2) is 0 Å². The van der Waals surface area contributed by atoms with Gasteiger partial charge in [-0.15, -0.1) is 0 Å². The van der Waals surface area contributed by atoms with Crippen LogP contribution in [-0.2, 0) is 0 Å². The van der Waals surface area contributed by atoms with Gasteiger partial charge in [-0.3, -0.25) is 0 Å². The van der Waals surface area contributed by atoms with Crippen LogP contribution in [0.2, 0.25) is 10.0 Å². The van der Waals surface area contributed by atoms with E-state index in [9.17, 15) is 0 Å². The van der Waals surface area contributed by atoms with Crippen molar-refractivity contribution in [1.29, 1.82) is 0 Å². The van der Waals surface area contributed by atoms with E-state index in [0.717, 1.165) is 11.3 Å². The zero-order valence-corrected chi connectivity index (χ0v) is 9.15. The van der Waals surface area contributed by atoms with E-state index in [4.69, 9.17) is 23.2 Å². The topological polar surface area (TPSA) is 15.8 Å². The second kappa shape index (κ2) is 3.68. The van der Waals surface area contributed by atoms with Gasteiger partial charge in [-0.1, -0.05) is 29.3 Å². The van der Waals surface area contributed by atoms with Gasteiger partial charge in [0.05, 0.1) is 10.0 Å². The molecule has 2 rings (SSSR count). The molecule has 1 N–H and O–H groups in total. The lowest BCUT2D eigenvalue weighted by atomic mass is 10.1. The van der Waals surface area contributed by atoms with Gasteiger partial charge in [0.1, 0.15) is 0 Å². The van der Waals surface area contributed by atoms with Crippen molar-refractivity contribution in [1.82, 2.24) is 4.98 Å². The van der Waals surface area contributed by atoms with Gasteiger partial charge in [0.25, 0.3) is 0 Å². The number of aryl methyl sites for hydroxylation is 1. The molecular weight excluding hydrogens is 217 g/mol. The number of hydrogen-bond donors (Lipinski definition) is 1. The first-order valence-electron chi connectivity index (χ1n) is 4.27. The van der Waals surface area contributed by atoms with Crippen LogP contribution in [0, 0.1) is 6.92 Å². The standard InChI is InChI=1S/C11H9Cl2N/c1-7-4-11(14-6-7)8-2-3-9(12)10(13)5-8/h2-6,14H,1H3. The third-order valence-corrected chi connectivity index (χ3v) is 2.80. The summed E-state index contributed by atoms with van der Waals surface area (Å²) in [7, 11) is 0. The summed E-state index contributed by atoms with van der Waals surface area (Å²) in [5, 5.41) is 1.16. The molecule has 3 heteroatoms. The van der Waals surface area contributed by atoms with Crippen molar-refractivity contribution >= 4 is 23.2 Å². The highest BCUT2D eigenvalue weighted by molar-refractivity contribution is 6.42. The molecule has 0 aliphatic heterocycles. The summed E-state index contributed by atoms with van der Waals surface area (Å²) >= 11 is 11.8. The van der Waals surface area contributed by atoms with E-state index in [0.29, 0.717) is 10.0 Å². The molecule has 2 aromatic rings. The Morgan fingerprint density at radius 1 is 1.07 bits per heavy atom. The van der Waals surface area contributed by atoms with Crippen LogP contribution in [0.5, 0.6) is 0 Å². The second-order valence-electron chi connectivity index (χ2n) is 3.22. The fourth-order valence-corrected chi connectivity index (χ4v) is 1.63. The smallest absolute Gasteiger partial charge is 0.0599 e. The first kappa shape index (κ1) is 9.63. The maximum Gasteiger partial charge on any atom is 0.0599 e. The molecule has 0 spiro atoms. The van der Waals surface area contributed by atoms with Gasteiger partial charge in [-0.2, -0.15) is 0 Å². The number of halogens is 2. The van der Waals surface area contributed by atoms with Gasteiger partial charge >= 0.3 is 0 Å². The Kier molecular flexibility index (Phi) is 2.53. The Morgan fingerprint density at radius 2 is 1.86 bits per heavy atom. The highest BCUT2D eigenvalue weighted by Crippen LogP contribution is 2.27. The number of aromatic amines is 1. The summed E-state index contributed by atoms with van der Waals surface area (Å²) < 4.78 is 0. The van der Waals surface area contributed by atoms with Gasteiger partial charge in [-0.05, 0) is 36.2 Å². The molecule has 0 bridgehead atoms. The fraction of sp³-hybridized carbons (Fsp3) is 0.0909.